The monoisotopic (exact) mass is 382 g/mol. The maximum atomic E-state index is 13.6. The summed E-state index contributed by atoms with van der Waals surface area (Å²) in [6.07, 6.45) is 1.86. The Hall–Kier alpha value is -1.77. The Balaban J connectivity index is 1.77. The van der Waals surface area contributed by atoms with Crippen molar-refractivity contribution in [1.82, 2.24) is 4.31 Å². The number of carbonyl (C=O) groups excluding carboxylic acids is 1. The van der Waals surface area contributed by atoms with Gasteiger partial charge in [0.25, 0.3) is 5.91 Å². The predicted molar refractivity (Wildman–Crippen MR) is 95.8 cm³/mol. The van der Waals surface area contributed by atoms with E-state index in [9.17, 15) is 17.6 Å². The minimum Gasteiger partial charge on any atom is -0.319 e. The van der Waals surface area contributed by atoms with Gasteiger partial charge in [-0.2, -0.15) is 4.31 Å². The number of para-hydroxylation sites is 1. The summed E-state index contributed by atoms with van der Waals surface area (Å²) < 4.78 is 40.5. The highest BCUT2D eigenvalue weighted by atomic mass is 32.2. The highest BCUT2D eigenvalue weighted by Crippen LogP contribution is 2.27. The molecule has 0 saturated carbocycles. The zero-order valence-corrected chi connectivity index (χ0v) is 15.4. The Morgan fingerprint density at radius 3 is 2.84 bits per heavy atom. The number of rotatable bonds is 4. The van der Waals surface area contributed by atoms with Crippen LogP contribution in [0.25, 0.3) is 0 Å². The van der Waals surface area contributed by atoms with Gasteiger partial charge in [0.05, 0.1) is 15.5 Å². The van der Waals surface area contributed by atoms with E-state index in [2.05, 4.69) is 5.32 Å². The van der Waals surface area contributed by atoms with Gasteiger partial charge in [0.2, 0.25) is 10.0 Å². The number of sulfonamides is 1. The maximum absolute atomic E-state index is 13.6. The third-order valence-electron chi connectivity index (χ3n) is 4.18. The molecule has 0 aliphatic carbocycles. The fourth-order valence-electron chi connectivity index (χ4n) is 2.83. The third-order valence-corrected chi connectivity index (χ3v) is 7.10. The van der Waals surface area contributed by atoms with Gasteiger partial charge in [-0.05, 0) is 37.0 Å². The number of hydrogen-bond acceptors (Lipinski definition) is 4. The zero-order valence-electron chi connectivity index (χ0n) is 13.7. The molecule has 3 rings (SSSR count). The molecule has 2 aromatic rings. The van der Waals surface area contributed by atoms with E-state index in [1.165, 1.54) is 34.0 Å². The van der Waals surface area contributed by atoms with Crippen LogP contribution in [0.3, 0.4) is 0 Å². The number of nitrogens with one attached hydrogen (secondary N) is 1. The summed E-state index contributed by atoms with van der Waals surface area (Å²) in [6.45, 7) is 3.02. The van der Waals surface area contributed by atoms with Crippen molar-refractivity contribution in [3.8, 4) is 0 Å². The first-order chi connectivity index (χ1) is 11.9. The van der Waals surface area contributed by atoms with E-state index >= 15 is 0 Å². The Morgan fingerprint density at radius 2 is 2.12 bits per heavy atom. The number of amides is 1. The highest BCUT2D eigenvalue weighted by Gasteiger charge is 2.30. The third kappa shape index (κ3) is 3.91. The van der Waals surface area contributed by atoms with E-state index in [1.54, 1.807) is 6.07 Å². The van der Waals surface area contributed by atoms with Gasteiger partial charge in [-0.1, -0.05) is 19.1 Å². The molecule has 0 bridgehead atoms. The minimum atomic E-state index is -3.60. The Bertz CT molecular complexity index is 880. The van der Waals surface area contributed by atoms with Gasteiger partial charge in [-0.15, -0.1) is 11.3 Å². The number of anilines is 1. The first-order valence-electron chi connectivity index (χ1n) is 8.02. The van der Waals surface area contributed by atoms with Crippen LogP contribution in [0.2, 0.25) is 0 Å². The van der Waals surface area contributed by atoms with Crippen LogP contribution in [0.4, 0.5) is 10.1 Å². The maximum Gasteiger partial charge on any atom is 0.265 e. The van der Waals surface area contributed by atoms with Crippen LogP contribution in [0.15, 0.2) is 40.6 Å². The lowest BCUT2D eigenvalue weighted by atomic mass is 10.0. The van der Waals surface area contributed by atoms with Crippen molar-refractivity contribution in [3.63, 3.8) is 0 Å². The van der Waals surface area contributed by atoms with E-state index in [0.29, 0.717) is 19.0 Å². The molecule has 25 heavy (non-hydrogen) atoms. The molecule has 0 spiro atoms. The van der Waals surface area contributed by atoms with Crippen LogP contribution in [-0.2, 0) is 10.0 Å². The van der Waals surface area contributed by atoms with Gasteiger partial charge in [0.1, 0.15) is 5.82 Å². The smallest absolute Gasteiger partial charge is 0.265 e. The summed E-state index contributed by atoms with van der Waals surface area (Å²) in [5.74, 6) is -0.739. The normalized spacial score (nSPS) is 18.9. The summed E-state index contributed by atoms with van der Waals surface area (Å²) in [4.78, 5) is 12.6. The van der Waals surface area contributed by atoms with Crippen molar-refractivity contribution in [2.75, 3.05) is 18.4 Å². The lowest BCUT2D eigenvalue weighted by Gasteiger charge is -2.29. The first-order valence-corrected chi connectivity index (χ1v) is 10.3. The van der Waals surface area contributed by atoms with E-state index in [-0.39, 0.29) is 15.5 Å². The fraction of sp³-hybridized carbons (Fsp3) is 0.353. The Morgan fingerprint density at radius 1 is 1.36 bits per heavy atom. The van der Waals surface area contributed by atoms with Crippen LogP contribution in [0, 0.1) is 11.7 Å². The minimum absolute atomic E-state index is 0.0650. The molecule has 1 aromatic carbocycles. The highest BCUT2D eigenvalue weighted by molar-refractivity contribution is 7.89. The number of benzene rings is 1. The van der Waals surface area contributed by atoms with Crippen LogP contribution < -0.4 is 5.32 Å². The number of carbonyl (C=O) groups is 1. The van der Waals surface area contributed by atoms with Crippen molar-refractivity contribution < 1.29 is 17.6 Å². The molecule has 1 fully saturated rings. The quantitative estimate of drug-likeness (QED) is 0.879. The van der Waals surface area contributed by atoms with Gasteiger partial charge in [0.15, 0.2) is 0 Å². The molecule has 2 heterocycles. The largest absolute Gasteiger partial charge is 0.319 e. The molecular weight excluding hydrogens is 363 g/mol. The van der Waals surface area contributed by atoms with Crippen LogP contribution >= 0.6 is 11.3 Å². The van der Waals surface area contributed by atoms with E-state index < -0.39 is 21.7 Å². The number of nitrogens with zero attached hydrogens (tertiary/aromatic N) is 1. The molecule has 5 nitrogen and oxygen atoms in total. The van der Waals surface area contributed by atoms with Gasteiger partial charge in [-0.3, -0.25) is 4.79 Å². The molecule has 1 unspecified atom stereocenters. The number of thiophene rings is 1. The van der Waals surface area contributed by atoms with Crippen molar-refractivity contribution in [1.29, 1.82) is 0 Å². The molecule has 8 heteroatoms. The molecule has 134 valence electrons. The molecule has 1 atom stereocenters. The second-order valence-electron chi connectivity index (χ2n) is 6.19. The average molecular weight is 382 g/mol. The predicted octanol–water partition coefficient (Wildman–Crippen LogP) is 3.56. The first kappa shape index (κ1) is 18.0. The van der Waals surface area contributed by atoms with Crippen LogP contribution in [-0.4, -0.2) is 31.7 Å². The molecule has 0 radical (unpaired) electrons. The second kappa shape index (κ2) is 7.23. The van der Waals surface area contributed by atoms with Gasteiger partial charge >= 0.3 is 0 Å². The summed E-state index contributed by atoms with van der Waals surface area (Å²) in [5, 5.41) is 3.93. The molecule has 1 saturated heterocycles. The van der Waals surface area contributed by atoms with Gasteiger partial charge in [-0.25, -0.2) is 12.8 Å². The summed E-state index contributed by atoms with van der Waals surface area (Å²) in [5.41, 5.74) is 0.0650. The fourth-order valence-corrected chi connectivity index (χ4v) is 5.59. The molecule has 1 amide bonds. The van der Waals surface area contributed by atoms with Crippen molar-refractivity contribution in [2.45, 2.75) is 24.7 Å². The topological polar surface area (TPSA) is 66.5 Å². The SMILES string of the molecule is CC1CCCN(S(=O)(=O)c2csc(C(=O)Nc3ccccc3F)c2)C1. The lowest BCUT2D eigenvalue weighted by Crippen LogP contribution is -2.38. The molecule has 1 aliphatic heterocycles. The standard InChI is InChI=1S/C17H19FN2O3S2/c1-12-5-4-8-20(10-12)25(22,23)13-9-16(24-11-13)17(21)19-15-7-3-2-6-14(15)18/h2-3,6-7,9,11-12H,4-5,8,10H2,1H3,(H,19,21). The Labute approximate surface area is 150 Å². The number of hydrogen-bond donors (Lipinski definition) is 1. The second-order valence-corrected chi connectivity index (χ2v) is 9.04. The summed E-state index contributed by atoms with van der Waals surface area (Å²) >= 11 is 1.03. The molecular formula is C17H19FN2O3S2. The Kier molecular flexibility index (Phi) is 5.21. The van der Waals surface area contributed by atoms with Crippen molar-refractivity contribution >= 4 is 33.0 Å². The lowest BCUT2D eigenvalue weighted by molar-refractivity contribution is 0.103. The molecule has 1 N–H and O–H groups in total. The van der Waals surface area contributed by atoms with Gasteiger partial charge in [0, 0.05) is 18.5 Å². The zero-order chi connectivity index (χ0) is 18.0. The van der Waals surface area contributed by atoms with Crippen molar-refractivity contribution in [3.05, 3.63) is 46.4 Å². The van der Waals surface area contributed by atoms with Crippen LogP contribution in [0.5, 0.6) is 0 Å². The van der Waals surface area contributed by atoms with E-state index in [0.717, 1.165) is 24.2 Å². The summed E-state index contributed by atoms with van der Waals surface area (Å²) in [6, 6.07) is 7.20. The van der Waals surface area contributed by atoms with E-state index in [4.69, 9.17) is 0 Å². The molecule has 1 aromatic heterocycles. The summed E-state index contributed by atoms with van der Waals surface area (Å²) in [7, 11) is -3.60. The van der Waals surface area contributed by atoms with Gasteiger partial charge < -0.3 is 5.32 Å². The number of halogens is 1. The van der Waals surface area contributed by atoms with Crippen molar-refractivity contribution in [2.24, 2.45) is 5.92 Å². The van der Waals surface area contributed by atoms with E-state index in [1.807, 2.05) is 6.92 Å². The average Bonchev–Trinajstić information content (AvgIpc) is 3.08. The van der Waals surface area contributed by atoms with Crippen LogP contribution in [0.1, 0.15) is 29.4 Å². The number of piperidine rings is 1. The molecule has 1 aliphatic rings.